The molecule has 1 N–H and O–H groups in total. The molecular formula is C14H17Cl2NO3. The van der Waals surface area contributed by atoms with Crippen LogP contribution in [-0.2, 0) is 4.74 Å². The largest absolute Gasteiger partial charge is 0.394 e. The van der Waals surface area contributed by atoms with Crippen molar-refractivity contribution in [1.82, 2.24) is 4.90 Å². The van der Waals surface area contributed by atoms with Crippen LogP contribution in [0.3, 0.4) is 0 Å². The van der Waals surface area contributed by atoms with E-state index in [1.165, 1.54) is 0 Å². The van der Waals surface area contributed by atoms with E-state index in [-0.39, 0.29) is 18.6 Å². The quantitative estimate of drug-likeness (QED) is 0.912. The zero-order chi connectivity index (χ0) is 14.9. The molecule has 1 aliphatic rings. The maximum Gasteiger partial charge on any atom is 0.255 e. The molecule has 1 atom stereocenters. The molecule has 1 aromatic carbocycles. The van der Waals surface area contributed by atoms with E-state index in [0.29, 0.717) is 28.7 Å². The number of nitrogens with zero attached hydrogens (tertiary/aromatic N) is 1. The SMILES string of the molecule is CC1(C)CN(C(=O)c2ccc(Cl)cc2Cl)CC(CO)O1. The Balaban J connectivity index is 2.23. The normalized spacial score (nSPS) is 21.9. The fourth-order valence-corrected chi connectivity index (χ4v) is 2.87. The molecule has 1 saturated heterocycles. The lowest BCUT2D eigenvalue weighted by Gasteiger charge is -2.42. The Kier molecular flexibility index (Phi) is 4.59. The zero-order valence-electron chi connectivity index (χ0n) is 11.4. The number of morpholine rings is 1. The molecule has 0 saturated carbocycles. The van der Waals surface area contributed by atoms with Crippen LogP contribution in [0.1, 0.15) is 24.2 Å². The number of benzene rings is 1. The lowest BCUT2D eigenvalue weighted by molar-refractivity contribution is -0.139. The van der Waals surface area contributed by atoms with Gasteiger partial charge in [-0.1, -0.05) is 23.2 Å². The lowest BCUT2D eigenvalue weighted by atomic mass is 10.0. The third-order valence-corrected chi connectivity index (χ3v) is 3.68. The number of aliphatic hydroxyl groups excluding tert-OH is 1. The van der Waals surface area contributed by atoms with Gasteiger partial charge < -0.3 is 14.7 Å². The number of rotatable bonds is 2. The summed E-state index contributed by atoms with van der Waals surface area (Å²) in [5, 5.41) is 10.1. The maximum absolute atomic E-state index is 12.5. The van der Waals surface area contributed by atoms with Gasteiger partial charge in [0.1, 0.15) is 0 Å². The summed E-state index contributed by atoms with van der Waals surface area (Å²) in [5.41, 5.74) is -0.0920. The summed E-state index contributed by atoms with van der Waals surface area (Å²) in [6.45, 7) is 4.44. The Hall–Kier alpha value is -0.810. The predicted molar refractivity (Wildman–Crippen MR) is 78.4 cm³/mol. The van der Waals surface area contributed by atoms with Crippen molar-refractivity contribution >= 4 is 29.1 Å². The third kappa shape index (κ3) is 3.44. The summed E-state index contributed by atoms with van der Waals surface area (Å²) in [6, 6.07) is 4.80. The van der Waals surface area contributed by atoms with E-state index in [9.17, 15) is 9.90 Å². The van der Waals surface area contributed by atoms with E-state index in [0.717, 1.165) is 0 Å². The molecule has 1 unspecified atom stereocenters. The summed E-state index contributed by atoms with van der Waals surface area (Å²) >= 11 is 11.9. The minimum atomic E-state index is -0.500. The van der Waals surface area contributed by atoms with E-state index in [4.69, 9.17) is 27.9 Å². The number of hydrogen-bond donors (Lipinski definition) is 1. The summed E-state index contributed by atoms with van der Waals surface area (Å²) in [7, 11) is 0. The number of carbonyl (C=O) groups excluding carboxylic acids is 1. The topological polar surface area (TPSA) is 49.8 Å². The van der Waals surface area contributed by atoms with E-state index < -0.39 is 5.60 Å². The van der Waals surface area contributed by atoms with Crippen LogP contribution in [0.15, 0.2) is 18.2 Å². The molecule has 1 aliphatic heterocycles. The average molecular weight is 318 g/mol. The second-order valence-corrected chi connectivity index (χ2v) is 6.34. The Morgan fingerprint density at radius 3 is 2.80 bits per heavy atom. The van der Waals surface area contributed by atoms with Crippen LogP contribution in [0, 0.1) is 0 Å². The number of hydrogen-bond acceptors (Lipinski definition) is 3. The van der Waals surface area contributed by atoms with Gasteiger partial charge in [-0.2, -0.15) is 0 Å². The maximum atomic E-state index is 12.5. The van der Waals surface area contributed by atoms with Gasteiger partial charge in [0.05, 0.1) is 28.9 Å². The highest BCUT2D eigenvalue weighted by Crippen LogP contribution is 2.26. The molecule has 0 aliphatic carbocycles. The van der Waals surface area contributed by atoms with E-state index in [1.807, 2.05) is 13.8 Å². The Labute approximate surface area is 128 Å². The molecule has 110 valence electrons. The molecule has 1 heterocycles. The van der Waals surface area contributed by atoms with Crippen LogP contribution in [0.2, 0.25) is 10.0 Å². The molecule has 1 fully saturated rings. The highest BCUT2D eigenvalue weighted by molar-refractivity contribution is 6.36. The molecule has 20 heavy (non-hydrogen) atoms. The Bertz CT molecular complexity index is 519. The smallest absolute Gasteiger partial charge is 0.255 e. The predicted octanol–water partition coefficient (Wildman–Crippen LogP) is 2.61. The van der Waals surface area contributed by atoms with Gasteiger partial charge >= 0.3 is 0 Å². The van der Waals surface area contributed by atoms with Crippen molar-refractivity contribution in [3.05, 3.63) is 33.8 Å². The Morgan fingerprint density at radius 2 is 2.20 bits per heavy atom. The van der Waals surface area contributed by atoms with Gasteiger partial charge in [-0.3, -0.25) is 4.79 Å². The third-order valence-electron chi connectivity index (χ3n) is 3.13. The van der Waals surface area contributed by atoms with E-state index in [1.54, 1.807) is 23.1 Å². The number of halogens is 2. The van der Waals surface area contributed by atoms with Crippen LogP contribution in [0.25, 0.3) is 0 Å². The van der Waals surface area contributed by atoms with E-state index in [2.05, 4.69) is 0 Å². The zero-order valence-corrected chi connectivity index (χ0v) is 12.9. The standard InChI is InChI=1S/C14H17Cl2NO3/c1-14(2)8-17(6-10(7-18)20-14)13(19)11-4-3-9(15)5-12(11)16/h3-5,10,18H,6-8H2,1-2H3. The first-order chi connectivity index (χ1) is 9.32. The number of ether oxygens (including phenoxy) is 1. The summed E-state index contributed by atoms with van der Waals surface area (Å²) in [4.78, 5) is 14.2. The molecule has 4 nitrogen and oxygen atoms in total. The molecule has 0 bridgehead atoms. The Morgan fingerprint density at radius 1 is 1.50 bits per heavy atom. The highest BCUT2D eigenvalue weighted by Gasteiger charge is 2.36. The fraction of sp³-hybridized carbons (Fsp3) is 0.500. The van der Waals surface area contributed by atoms with Gasteiger partial charge in [0, 0.05) is 18.1 Å². The minimum absolute atomic E-state index is 0.123. The van der Waals surface area contributed by atoms with Crippen molar-refractivity contribution < 1.29 is 14.6 Å². The van der Waals surface area contributed by atoms with Crippen LogP contribution < -0.4 is 0 Å². The number of carbonyl (C=O) groups is 1. The minimum Gasteiger partial charge on any atom is -0.394 e. The van der Waals surface area contributed by atoms with Crippen molar-refractivity contribution in [2.24, 2.45) is 0 Å². The molecule has 1 aromatic rings. The summed E-state index contributed by atoms with van der Waals surface area (Å²) < 4.78 is 5.69. The second kappa shape index (κ2) is 5.90. The molecule has 1 amide bonds. The average Bonchev–Trinajstić information content (AvgIpc) is 2.36. The molecule has 0 aromatic heterocycles. The van der Waals surface area contributed by atoms with Crippen molar-refractivity contribution in [1.29, 1.82) is 0 Å². The number of amides is 1. The highest BCUT2D eigenvalue weighted by atomic mass is 35.5. The lowest BCUT2D eigenvalue weighted by Crippen LogP contribution is -2.55. The first-order valence-corrected chi connectivity index (χ1v) is 7.11. The molecule has 0 spiro atoms. The van der Waals surface area contributed by atoms with Crippen LogP contribution >= 0.6 is 23.2 Å². The fourth-order valence-electron chi connectivity index (χ4n) is 2.38. The summed E-state index contributed by atoms with van der Waals surface area (Å²) in [6.07, 6.45) is -0.381. The van der Waals surface area contributed by atoms with Gasteiger partial charge in [-0.05, 0) is 32.0 Å². The number of aliphatic hydroxyl groups is 1. The first kappa shape index (κ1) is 15.6. The van der Waals surface area contributed by atoms with Gasteiger partial charge in [0.25, 0.3) is 5.91 Å². The van der Waals surface area contributed by atoms with Crippen molar-refractivity contribution in [3.63, 3.8) is 0 Å². The second-order valence-electron chi connectivity index (χ2n) is 5.49. The van der Waals surface area contributed by atoms with Gasteiger partial charge in [0.15, 0.2) is 0 Å². The van der Waals surface area contributed by atoms with Gasteiger partial charge in [-0.25, -0.2) is 0 Å². The van der Waals surface area contributed by atoms with Gasteiger partial charge in [-0.15, -0.1) is 0 Å². The van der Waals surface area contributed by atoms with Crippen molar-refractivity contribution in [2.75, 3.05) is 19.7 Å². The molecule has 6 heteroatoms. The summed E-state index contributed by atoms with van der Waals surface area (Å²) in [5.74, 6) is -0.179. The van der Waals surface area contributed by atoms with Crippen LogP contribution in [0.4, 0.5) is 0 Å². The monoisotopic (exact) mass is 317 g/mol. The van der Waals surface area contributed by atoms with Crippen LogP contribution in [0.5, 0.6) is 0 Å². The first-order valence-electron chi connectivity index (χ1n) is 6.35. The molecule has 2 rings (SSSR count). The van der Waals surface area contributed by atoms with Crippen molar-refractivity contribution in [3.8, 4) is 0 Å². The van der Waals surface area contributed by atoms with Crippen molar-refractivity contribution in [2.45, 2.75) is 25.6 Å². The molecular weight excluding hydrogens is 301 g/mol. The van der Waals surface area contributed by atoms with E-state index >= 15 is 0 Å². The van der Waals surface area contributed by atoms with Gasteiger partial charge in [0.2, 0.25) is 0 Å². The molecule has 0 radical (unpaired) electrons. The van der Waals surface area contributed by atoms with Crippen LogP contribution in [-0.4, -0.2) is 47.3 Å².